The number of sulfonamides is 1. The molecule has 7 heteroatoms. The van der Waals surface area contributed by atoms with Crippen molar-refractivity contribution in [3.63, 3.8) is 0 Å². The molecule has 3 aromatic rings. The lowest BCUT2D eigenvalue weighted by atomic mass is 10.1. The Morgan fingerprint density at radius 1 is 0.967 bits per heavy atom. The lowest BCUT2D eigenvalue weighted by molar-refractivity contribution is -0.119. The molecule has 0 aliphatic carbocycles. The van der Waals surface area contributed by atoms with Crippen LogP contribution in [0.15, 0.2) is 78.9 Å². The summed E-state index contributed by atoms with van der Waals surface area (Å²) in [6.07, 6.45) is 1.07. The summed E-state index contributed by atoms with van der Waals surface area (Å²) in [5.74, 6) is 0.513. The molecule has 0 spiro atoms. The first kappa shape index (κ1) is 21.4. The molecule has 0 aliphatic rings. The van der Waals surface area contributed by atoms with E-state index in [1.54, 1.807) is 36.4 Å². The average Bonchev–Trinajstić information content (AvgIpc) is 2.71. The highest BCUT2D eigenvalue weighted by Crippen LogP contribution is 2.33. The third kappa shape index (κ3) is 5.84. The maximum absolute atomic E-state index is 12.5. The van der Waals surface area contributed by atoms with E-state index in [0.717, 1.165) is 21.7 Å². The Labute approximate surface area is 177 Å². The summed E-state index contributed by atoms with van der Waals surface area (Å²) in [4.78, 5) is 12.5. The highest BCUT2D eigenvalue weighted by molar-refractivity contribution is 7.92. The Hall–Kier alpha value is -3.32. The molecule has 1 amide bonds. The molecule has 0 aliphatic heterocycles. The number of carbonyl (C=O) groups excluding carboxylic acids is 1. The molecule has 0 aromatic heterocycles. The zero-order chi connectivity index (χ0) is 21.6. The third-order valence-corrected chi connectivity index (χ3v) is 5.49. The van der Waals surface area contributed by atoms with E-state index in [1.807, 2.05) is 49.4 Å². The molecule has 0 saturated carbocycles. The molecule has 0 bridgehead atoms. The van der Waals surface area contributed by atoms with Gasteiger partial charge in [-0.1, -0.05) is 60.2 Å². The summed E-state index contributed by atoms with van der Waals surface area (Å²) in [7, 11) is -3.72. The highest BCUT2D eigenvalue weighted by Gasteiger charge is 2.24. The number of para-hydroxylation sites is 3. The second-order valence-electron chi connectivity index (χ2n) is 6.92. The standard InChI is InChI=1S/C23H24N2O4S/c1-18-9-8-10-19(15-18)16-24-23(26)17-25(30(2,27)28)21-13-6-7-14-22(21)29-20-11-4-3-5-12-20/h3-15H,16-17H2,1-2H3,(H,24,26). The molecular formula is C23H24N2O4S. The van der Waals surface area contributed by atoms with Gasteiger partial charge in [-0.15, -0.1) is 0 Å². The number of ether oxygens (including phenoxy) is 1. The van der Waals surface area contributed by atoms with Gasteiger partial charge in [-0.3, -0.25) is 9.10 Å². The molecule has 30 heavy (non-hydrogen) atoms. The normalized spacial score (nSPS) is 11.0. The van der Waals surface area contributed by atoms with Gasteiger partial charge in [0.1, 0.15) is 12.3 Å². The number of hydrogen-bond donors (Lipinski definition) is 1. The number of anilines is 1. The number of amides is 1. The van der Waals surface area contributed by atoms with Crippen LogP contribution in [0.4, 0.5) is 5.69 Å². The molecule has 3 rings (SSSR count). The van der Waals surface area contributed by atoms with Crippen molar-refractivity contribution in [1.29, 1.82) is 0 Å². The number of nitrogens with zero attached hydrogens (tertiary/aromatic N) is 1. The van der Waals surface area contributed by atoms with Crippen LogP contribution in [0, 0.1) is 6.92 Å². The van der Waals surface area contributed by atoms with E-state index in [0.29, 0.717) is 23.7 Å². The zero-order valence-electron chi connectivity index (χ0n) is 16.9. The van der Waals surface area contributed by atoms with Crippen LogP contribution in [-0.2, 0) is 21.4 Å². The minimum Gasteiger partial charge on any atom is -0.455 e. The van der Waals surface area contributed by atoms with Gasteiger partial charge in [0.25, 0.3) is 0 Å². The lowest BCUT2D eigenvalue weighted by Gasteiger charge is -2.24. The van der Waals surface area contributed by atoms with Gasteiger partial charge >= 0.3 is 0 Å². The topological polar surface area (TPSA) is 75.7 Å². The molecule has 0 radical (unpaired) electrons. The summed E-state index contributed by atoms with van der Waals surface area (Å²) in [5.41, 5.74) is 2.34. The SMILES string of the molecule is Cc1cccc(CNC(=O)CN(c2ccccc2Oc2ccccc2)S(C)(=O)=O)c1. The predicted molar refractivity (Wildman–Crippen MR) is 118 cm³/mol. The minimum atomic E-state index is -3.72. The number of hydrogen-bond acceptors (Lipinski definition) is 4. The predicted octanol–water partition coefficient (Wildman–Crippen LogP) is 3.87. The van der Waals surface area contributed by atoms with Gasteiger partial charge in [-0.2, -0.15) is 0 Å². The fourth-order valence-electron chi connectivity index (χ4n) is 2.96. The molecule has 0 fully saturated rings. The molecule has 0 heterocycles. The molecule has 0 atom stereocenters. The summed E-state index contributed by atoms with van der Waals surface area (Å²) >= 11 is 0. The van der Waals surface area contributed by atoms with Gasteiger partial charge in [0, 0.05) is 6.54 Å². The molecule has 156 valence electrons. The van der Waals surface area contributed by atoms with Crippen molar-refractivity contribution in [2.24, 2.45) is 0 Å². The molecular weight excluding hydrogens is 400 g/mol. The van der Waals surface area contributed by atoms with E-state index in [1.165, 1.54) is 0 Å². The third-order valence-electron chi connectivity index (χ3n) is 4.36. The van der Waals surface area contributed by atoms with Gasteiger partial charge in [-0.25, -0.2) is 8.42 Å². The first-order valence-corrected chi connectivity index (χ1v) is 11.3. The van der Waals surface area contributed by atoms with Crippen LogP contribution in [0.5, 0.6) is 11.5 Å². The summed E-state index contributed by atoms with van der Waals surface area (Å²) in [6.45, 7) is 1.94. The second-order valence-corrected chi connectivity index (χ2v) is 8.83. The largest absolute Gasteiger partial charge is 0.455 e. The number of aryl methyl sites for hydroxylation is 1. The van der Waals surface area contributed by atoms with Crippen molar-refractivity contribution >= 4 is 21.6 Å². The Bertz CT molecular complexity index is 1110. The number of carbonyl (C=O) groups is 1. The molecule has 0 unspecified atom stereocenters. The number of nitrogens with one attached hydrogen (secondary N) is 1. The maximum Gasteiger partial charge on any atom is 0.241 e. The molecule has 1 N–H and O–H groups in total. The van der Waals surface area contributed by atoms with Crippen LogP contribution in [0.25, 0.3) is 0 Å². The quantitative estimate of drug-likeness (QED) is 0.596. The van der Waals surface area contributed by atoms with Crippen molar-refractivity contribution in [1.82, 2.24) is 5.32 Å². The zero-order valence-corrected chi connectivity index (χ0v) is 17.7. The van der Waals surface area contributed by atoms with Crippen molar-refractivity contribution in [3.05, 3.63) is 90.0 Å². The average molecular weight is 425 g/mol. The van der Waals surface area contributed by atoms with Crippen molar-refractivity contribution in [3.8, 4) is 11.5 Å². The van der Waals surface area contributed by atoms with Gasteiger partial charge < -0.3 is 10.1 Å². The minimum absolute atomic E-state index is 0.301. The van der Waals surface area contributed by atoms with Crippen LogP contribution in [-0.4, -0.2) is 27.1 Å². The first-order valence-electron chi connectivity index (χ1n) is 9.45. The van der Waals surface area contributed by atoms with Crippen LogP contribution < -0.4 is 14.4 Å². The van der Waals surface area contributed by atoms with Crippen molar-refractivity contribution in [2.75, 3.05) is 17.1 Å². The summed E-state index contributed by atoms with van der Waals surface area (Å²) < 4.78 is 31.9. The summed E-state index contributed by atoms with van der Waals surface area (Å²) in [5, 5.41) is 2.78. The van der Waals surface area contributed by atoms with E-state index in [2.05, 4.69) is 5.32 Å². The first-order chi connectivity index (χ1) is 14.3. The van der Waals surface area contributed by atoms with E-state index in [4.69, 9.17) is 4.74 Å². The maximum atomic E-state index is 12.5. The molecule has 6 nitrogen and oxygen atoms in total. The number of rotatable bonds is 8. The van der Waals surface area contributed by atoms with Gasteiger partial charge in [-0.05, 0) is 36.8 Å². The van der Waals surface area contributed by atoms with E-state index >= 15 is 0 Å². The fraction of sp³-hybridized carbons (Fsp3) is 0.174. The fourth-order valence-corrected chi connectivity index (χ4v) is 3.82. The Morgan fingerprint density at radius 2 is 1.67 bits per heavy atom. The lowest BCUT2D eigenvalue weighted by Crippen LogP contribution is -2.40. The highest BCUT2D eigenvalue weighted by atomic mass is 32.2. The van der Waals surface area contributed by atoms with Gasteiger partial charge in [0.05, 0.1) is 11.9 Å². The van der Waals surface area contributed by atoms with E-state index in [9.17, 15) is 13.2 Å². The number of benzene rings is 3. The molecule has 0 saturated heterocycles. The monoisotopic (exact) mass is 424 g/mol. The van der Waals surface area contributed by atoms with Gasteiger partial charge in [0.2, 0.25) is 15.9 Å². The second kappa shape index (κ2) is 9.45. The van der Waals surface area contributed by atoms with Gasteiger partial charge in [0.15, 0.2) is 5.75 Å². The Balaban J connectivity index is 1.79. The smallest absolute Gasteiger partial charge is 0.241 e. The van der Waals surface area contributed by atoms with E-state index < -0.39 is 15.9 Å². The molecule has 3 aromatic carbocycles. The Kier molecular flexibility index (Phi) is 6.74. The van der Waals surface area contributed by atoms with Crippen LogP contribution in [0.1, 0.15) is 11.1 Å². The van der Waals surface area contributed by atoms with Crippen LogP contribution >= 0.6 is 0 Å². The van der Waals surface area contributed by atoms with Crippen LogP contribution in [0.2, 0.25) is 0 Å². The van der Waals surface area contributed by atoms with Crippen molar-refractivity contribution < 1.29 is 17.9 Å². The van der Waals surface area contributed by atoms with Crippen LogP contribution in [0.3, 0.4) is 0 Å². The Morgan fingerprint density at radius 3 is 2.37 bits per heavy atom. The van der Waals surface area contributed by atoms with E-state index in [-0.39, 0.29) is 6.54 Å². The van der Waals surface area contributed by atoms with Crippen molar-refractivity contribution in [2.45, 2.75) is 13.5 Å². The summed E-state index contributed by atoms with van der Waals surface area (Å²) in [6, 6.07) is 23.6.